The van der Waals surface area contributed by atoms with Crippen molar-refractivity contribution >= 4 is 27.3 Å². The van der Waals surface area contributed by atoms with Gasteiger partial charge in [0, 0.05) is 38.8 Å². The van der Waals surface area contributed by atoms with E-state index in [0.717, 1.165) is 4.31 Å². The highest BCUT2D eigenvalue weighted by Crippen LogP contribution is 2.22. The summed E-state index contributed by atoms with van der Waals surface area (Å²) in [5, 5.41) is 16.6. The number of benzene rings is 2. The first-order valence-electron chi connectivity index (χ1n) is 8.43. The molecule has 9 nitrogen and oxygen atoms in total. The van der Waals surface area contributed by atoms with Gasteiger partial charge in [-0.3, -0.25) is 14.9 Å². The van der Waals surface area contributed by atoms with E-state index in [0.29, 0.717) is 11.3 Å². The first kappa shape index (κ1) is 21.3. The van der Waals surface area contributed by atoms with E-state index in [4.69, 9.17) is 0 Å². The Kier molecular flexibility index (Phi) is 6.71. The summed E-state index contributed by atoms with van der Waals surface area (Å²) < 4.78 is 25.6. The molecule has 150 valence electrons. The molecule has 28 heavy (non-hydrogen) atoms. The summed E-state index contributed by atoms with van der Waals surface area (Å²) in [5.74, 6) is -0.419. The third kappa shape index (κ3) is 4.84. The number of carbonyl (C=O) groups excluding carboxylic acids is 1. The van der Waals surface area contributed by atoms with Gasteiger partial charge < -0.3 is 10.6 Å². The minimum atomic E-state index is -3.65. The maximum Gasteiger partial charge on any atom is 0.292 e. The number of nitro groups is 1. The second-order valence-electron chi connectivity index (χ2n) is 6.22. The number of nitrogens with zero attached hydrogens (tertiary/aromatic N) is 2. The Bertz CT molecular complexity index is 989. The molecule has 2 N–H and O–H groups in total. The molecule has 0 radical (unpaired) electrons. The van der Waals surface area contributed by atoms with Crippen molar-refractivity contribution in [3.63, 3.8) is 0 Å². The normalized spacial score (nSPS) is 11.3. The molecule has 0 spiro atoms. The van der Waals surface area contributed by atoms with Gasteiger partial charge in [0.2, 0.25) is 10.0 Å². The number of nitrogens with one attached hydrogen (secondary N) is 2. The van der Waals surface area contributed by atoms with Crippen LogP contribution in [0.1, 0.15) is 15.9 Å². The molecule has 2 aromatic rings. The molecular weight excluding hydrogens is 384 g/mol. The number of anilines is 1. The summed E-state index contributed by atoms with van der Waals surface area (Å²) in [7, 11) is -0.807. The highest BCUT2D eigenvalue weighted by Gasteiger charge is 2.20. The number of amides is 1. The predicted octanol–water partition coefficient (Wildman–Crippen LogP) is 2.00. The van der Waals surface area contributed by atoms with E-state index >= 15 is 0 Å². The highest BCUT2D eigenvalue weighted by molar-refractivity contribution is 7.89. The first-order valence-corrected chi connectivity index (χ1v) is 9.87. The van der Waals surface area contributed by atoms with Gasteiger partial charge in [0.25, 0.3) is 11.6 Å². The number of sulfonamides is 1. The molecular formula is C18H22N4O5S. The van der Waals surface area contributed by atoms with Crippen LogP contribution >= 0.6 is 0 Å². The minimum Gasteiger partial charge on any atom is -0.378 e. The van der Waals surface area contributed by atoms with Gasteiger partial charge in [0.15, 0.2) is 0 Å². The van der Waals surface area contributed by atoms with Crippen LogP contribution in [0.5, 0.6) is 0 Å². The molecule has 2 aromatic carbocycles. The van der Waals surface area contributed by atoms with E-state index in [2.05, 4.69) is 10.6 Å². The second-order valence-corrected chi connectivity index (χ2v) is 8.37. The predicted molar refractivity (Wildman–Crippen MR) is 106 cm³/mol. The van der Waals surface area contributed by atoms with Crippen LogP contribution in [0.15, 0.2) is 47.4 Å². The number of aryl methyl sites for hydroxylation is 1. The van der Waals surface area contributed by atoms with Crippen LogP contribution in [-0.4, -0.2) is 50.7 Å². The van der Waals surface area contributed by atoms with Crippen molar-refractivity contribution in [3.8, 4) is 0 Å². The fourth-order valence-electron chi connectivity index (χ4n) is 2.47. The molecule has 0 aliphatic rings. The quantitative estimate of drug-likeness (QED) is 0.393. The molecule has 0 aromatic heterocycles. The van der Waals surface area contributed by atoms with Crippen molar-refractivity contribution < 1.29 is 18.1 Å². The van der Waals surface area contributed by atoms with E-state index in [1.165, 1.54) is 32.3 Å². The van der Waals surface area contributed by atoms with Gasteiger partial charge in [-0.2, -0.15) is 0 Å². The van der Waals surface area contributed by atoms with Crippen LogP contribution in [-0.2, 0) is 10.0 Å². The zero-order valence-corrected chi connectivity index (χ0v) is 16.6. The Morgan fingerprint density at radius 2 is 1.82 bits per heavy atom. The topological polar surface area (TPSA) is 122 Å². The number of rotatable bonds is 8. The van der Waals surface area contributed by atoms with E-state index < -0.39 is 20.9 Å². The minimum absolute atomic E-state index is 0.0336. The molecule has 0 atom stereocenters. The average Bonchev–Trinajstić information content (AvgIpc) is 2.65. The van der Waals surface area contributed by atoms with Crippen LogP contribution in [0.2, 0.25) is 0 Å². The first-order chi connectivity index (χ1) is 13.1. The summed E-state index contributed by atoms with van der Waals surface area (Å²) in [4.78, 5) is 23.0. The Balaban J connectivity index is 2.03. The van der Waals surface area contributed by atoms with Crippen molar-refractivity contribution in [3.05, 3.63) is 63.7 Å². The number of hydrogen-bond acceptors (Lipinski definition) is 6. The lowest BCUT2D eigenvalue weighted by atomic mass is 10.1. The number of nitro benzene ring substituents is 1. The third-order valence-corrected chi connectivity index (χ3v) is 5.87. The maximum absolute atomic E-state index is 12.4. The van der Waals surface area contributed by atoms with Gasteiger partial charge in [0.1, 0.15) is 5.69 Å². The molecule has 1 amide bonds. The molecule has 0 unspecified atom stereocenters. The smallest absolute Gasteiger partial charge is 0.292 e. The van der Waals surface area contributed by atoms with E-state index in [-0.39, 0.29) is 29.2 Å². The summed E-state index contributed by atoms with van der Waals surface area (Å²) in [5.41, 5.74) is 1.21. The molecule has 0 bridgehead atoms. The van der Waals surface area contributed by atoms with Crippen molar-refractivity contribution in [1.29, 1.82) is 0 Å². The maximum atomic E-state index is 12.4. The van der Waals surface area contributed by atoms with E-state index in [9.17, 15) is 23.3 Å². The third-order valence-electron chi connectivity index (χ3n) is 4.06. The molecule has 0 aliphatic heterocycles. The number of para-hydroxylation sites is 2. The van der Waals surface area contributed by atoms with Gasteiger partial charge in [-0.05, 0) is 30.7 Å². The van der Waals surface area contributed by atoms with Crippen LogP contribution in [0, 0.1) is 17.0 Å². The largest absolute Gasteiger partial charge is 0.378 e. The van der Waals surface area contributed by atoms with Gasteiger partial charge in [-0.15, -0.1) is 0 Å². The van der Waals surface area contributed by atoms with Crippen LogP contribution in [0.25, 0.3) is 0 Å². The van der Waals surface area contributed by atoms with Crippen LogP contribution < -0.4 is 10.6 Å². The zero-order valence-electron chi connectivity index (χ0n) is 15.8. The standard InChI is InChI=1S/C18H22N4O5S/c1-13-8-9-14(28(26,27)21(2)3)12-15(13)18(23)20-11-10-19-16-6-4-5-7-17(16)22(24)25/h4-9,12,19H,10-11H2,1-3H3,(H,20,23). The summed E-state index contributed by atoms with van der Waals surface area (Å²) >= 11 is 0. The van der Waals surface area contributed by atoms with Crippen LogP contribution in [0.4, 0.5) is 11.4 Å². The average molecular weight is 406 g/mol. The second kappa shape index (κ2) is 8.81. The molecule has 0 fully saturated rings. The molecule has 0 aliphatic carbocycles. The number of hydrogen-bond donors (Lipinski definition) is 2. The molecule has 10 heteroatoms. The Hall–Kier alpha value is -2.98. The van der Waals surface area contributed by atoms with Crippen molar-refractivity contribution in [1.82, 2.24) is 9.62 Å². The van der Waals surface area contributed by atoms with Crippen molar-refractivity contribution in [2.24, 2.45) is 0 Å². The van der Waals surface area contributed by atoms with Gasteiger partial charge >= 0.3 is 0 Å². The molecule has 2 rings (SSSR count). The summed E-state index contributed by atoms with van der Waals surface area (Å²) in [6, 6.07) is 10.6. The Morgan fingerprint density at radius 3 is 2.46 bits per heavy atom. The lowest BCUT2D eigenvalue weighted by molar-refractivity contribution is -0.384. The Morgan fingerprint density at radius 1 is 1.14 bits per heavy atom. The van der Waals surface area contributed by atoms with E-state index in [1.54, 1.807) is 31.2 Å². The SMILES string of the molecule is Cc1ccc(S(=O)(=O)N(C)C)cc1C(=O)NCCNc1ccccc1[N+](=O)[O-]. The van der Waals surface area contributed by atoms with E-state index in [1.807, 2.05) is 0 Å². The van der Waals surface area contributed by atoms with Gasteiger partial charge in [-0.1, -0.05) is 18.2 Å². The van der Waals surface area contributed by atoms with Gasteiger partial charge in [0.05, 0.1) is 9.82 Å². The molecule has 0 heterocycles. The zero-order chi connectivity index (χ0) is 20.9. The fourth-order valence-corrected chi connectivity index (χ4v) is 3.40. The van der Waals surface area contributed by atoms with Gasteiger partial charge in [-0.25, -0.2) is 12.7 Å². The van der Waals surface area contributed by atoms with Crippen LogP contribution in [0.3, 0.4) is 0 Å². The molecule has 0 saturated carbocycles. The lowest BCUT2D eigenvalue weighted by Crippen LogP contribution is -2.30. The van der Waals surface area contributed by atoms with Crippen molar-refractivity contribution in [2.75, 3.05) is 32.5 Å². The van der Waals surface area contributed by atoms with Crippen molar-refractivity contribution in [2.45, 2.75) is 11.8 Å². The monoisotopic (exact) mass is 406 g/mol. The lowest BCUT2D eigenvalue weighted by Gasteiger charge is -2.14. The number of carbonyl (C=O) groups is 1. The highest BCUT2D eigenvalue weighted by atomic mass is 32.2. The summed E-state index contributed by atoms with van der Waals surface area (Å²) in [6.07, 6.45) is 0. The fraction of sp³-hybridized carbons (Fsp3) is 0.278. The molecule has 0 saturated heterocycles. The Labute approximate surface area is 163 Å². The summed E-state index contributed by atoms with van der Waals surface area (Å²) in [6.45, 7) is 2.19.